The Morgan fingerprint density at radius 3 is 3.00 bits per heavy atom. The van der Waals surface area contributed by atoms with E-state index in [9.17, 15) is 9.90 Å². The molecule has 1 aromatic carbocycles. The molecule has 3 rings (SSSR count). The molecule has 0 amide bonds. The fourth-order valence-electron chi connectivity index (χ4n) is 3.58. The second-order valence-electron chi connectivity index (χ2n) is 6.76. The molecule has 1 unspecified atom stereocenters. The maximum Gasteiger partial charge on any atom is 0.255 e. The van der Waals surface area contributed by atoms with Gasteiger partial charge in [0.2, 0.25) is 0 Å². The van der Waals surface area contributed by atoms with Crippen LogP contribution in [0.25, 0.3) is 10.9 Å². The van der Waals surface area contributed by atoms with Gasteiger partial charge >= 0.3 is 0 Å². The summed E-state index contributed by atoms with van der Waals surface area (Å²) >= 11 is 0. The highest BCUT2D eigenvalue weighted by atomic mass is 16.3. The number of fused-ring (bicyclic) bond motifs is 1. The number of para-hydroxylation sites is 1. The zero-order chi connectivity index (χ0) is 16.9. The Balaban J connectivity index is 1.56. The number of benzene rings is 1. The second kappa shape index (κ2) is 7.92. The number of aromatic nitrogens is 1. The van der Waals surface area contributed by atoms with Crippen molar-refractivity contribution in [3.8, 4) is 0 Å². The molecular formula is C19H27N3O2. The average Bonchev–Trinajstić information content (AvgIpc) is 2.63. The first-order valence-electron chi connectivity index (χ1n) is 8.80. The van der Waals surface area contributed by atoms with Crippen LogP contribution in [0.1, 0.15) is 18.4 Å². The number of aliphatic hydroxyl groups is 1. The van der Waals surface area contributed by atoms with Gasteiger partial charge in [-0.25, -0.2) is 0 Å². The second-order valence-corrected chi connectivity index (χ2v) is 6.76. The number of likely N-dealkylation sites (tertiary alicyclic amines) is 1. The van der Waals surface area contributed by atoms with E-state index in [-0.39, 0.29) is 12.2 Å². The number of pyridine rings is 1. The highest BCUT2D eigenvalue weighted by Crippen LogP contribution is 2.15. The molecule has 0 radical (unpaired) electrons. The molecular weight excluding hydrogens is 302 g/mol. The SMILES string of the molecule is Cn1c(=O)c(CNCCN2CCCC(CO)C2)cc2ccccc21. The number of nitrogens with one attached hydrogen (secondary N) is 1. The van der Waals surface area contributed by atoms with Crippen molar-refractivity contribution in [1.82, 2.24) is 14.8 Å². The van der Waals surface area contributed by atoms with Gasteiger partial charge < -0.3 is 19.9 Å². The van der Waals surface area contributed by atoms with Crippen LogP contribution >= 0.6 is 0 Å². The molecule has 0 saturated carbocycles. The van der Waals surface area contributed by atoms with Gasteiger partial charge in [-0.05, 0) is 42.8 Å². The lowest BCUT2D eigenvalue weighted by Crippen LogP contribution is -2.40. The summed E-state index contributed by atoms with van der Waals surface area (Å²) in [4.78, 5) is 14.8. The summed E-state index contributed by atoms with van der Waals surface area (Å²) in [5, 5.41) is 13.8. The van der Waals surface area contributed by atoms with Crippen LogP contribution in [0.4, 0.5) is 0 Å². The van der Waals surface area contributed by atoms with Crippen LogP contribution in [0.2, 0.25) is 0 Å². The molecule has 5 nitrogen and oxygen atoms in total. The molecule has 1 aliphatic heterocycles. The minimum atomic E-state index is 0.0690. The van der Waals surface area contributed by atoms with Crippen LogP contribution in [-0.4, -0.2) is 47.4 Å². The Morgan fingerprint density at radius 2 is 2.17 bits per heavy atom. The Kier molecular flexibility index (Phi) is 5.66. The van der Waals surface area contributed by atoms with E-state index in [4.69, 9.17) is 0 Å². The first-order valence-corrected chi connectivity index (χ1v) is 8.80. The summed E-state index contributed by atoms with van der Waals surface area (Å²) < 4.78 is 1.73. The maximum atomic E-state index is 12.4. The minimum Gasteiger partial charge on any atom is -0.396 e. The Hall–Kier alpha value is -1.69. The molecule has 2 heterocycles. The summed E-state index contributed by atoms with van der Waals surface area (Å²) in [5.41, 5.74) is 1.84. The Morgan fingerprint density at radius 1 is 1.33 bits per heavy atom. The van der Waals surface area contributed by atoms with E-state index in [2.05, 4.69) is 10.2 Å². The zero-order valence-corrected chi connectivity index (χ0v) is 14.4. The largest absolute Gasteiger partial charge is 0.396 e. The first-order chi connectivity index (χ1) is 11.7. The summed E-state index contributed by atoms with van der Waals surface area (Å²) in [6.45, 7) is 4.79. The maximum absolute atomic E-state index is 12.4. The average molecular weight is 329 g/mol. The number of nitrogens with zero attached hydrogens (tertiary/aromatic N) is 2. The molecule has 2 aromatic rings. The van der Waals surface area contributed by atoms with Crippen molar-refractivity contribution in [2.75, 3.05) is 32.8 Å². The smallest absolute Gasteiger partial charge is 0.255 e. The third kappa shape index (κ3) is 3.86. The van der Waals surface area contributed by atoms with Gasteiger partial charge in [-0.1, -0.05) is 18.2 Å². The van der Waals surface area contributed by atoms with Crippen LogP contribution in [0, 0.1) is 5.92 Å². The highest BCUT2D eigenvalue weighted by Gasteiger charge is 2.18. The van der Waals surface area contributed by atoms with E-state index in [0.29, 0.717) is 12.5 Å². The lowest BCUT2D eigenvalue weighted by molar-refractivity contribution is 0.121. The van der Waals surface area contributed by atoms with E-state index >= 15 is 0 Å². The van der Waals surface area contributed by atoms with E-state index in [0.717, 1.165) is 55.5 Å². The van der Waals surface area contributed by atoms with Crippen LogP contribution in [0.5, 0.6) is 0 Å². The monoisotopic (exact) mass is 329 g/mol. The van der Waals surface area contributed by atoms with E-state index < -0.39 is 0 Å². The van der Waals surface area contributed by atoms with E-state index in [1.165, 1.54) is 0 Å². The molecule has 1 saturated heterocycles. The molecule has 2 N–H and O–H groups in total. The van der Waals surface area contributed by atoms with Gasteiger partial charge in [0, 0.05) is 45.4 Å². The number of hydrogen-bond acceptors (Lipinski definition) is 4. The number of hydrogen-bond donors (Lipinski definition) is 2. The summed E-state index contributed by atoms with van der Waals surface area (Å²) in [6, 6.07) is 9.96. The van der Waals surface area contributed by atoms with Crippen LogP contribution < -0.4 is 10.9 Å². The van der Waals surface area contributed by atoms with Crippen molar-refractivity contribution in [2.24, 2.45) is 13.0 Å². The number of rotatable bonds is 6. The molecule has 130 valence electrons. The number of aliphatic hydroxyl groups excluding tert-OH is 1. The van der Waals surface area contributed by atoms with Gasteiger partial charge in [-0.15, -0.1) is 0 Å². The summed E-state index contributed by atoms with van der Waals surface area (Å²) in [6.07, 6.45) is 2.30. The quantitative estimate of drug-likeness (QED) is 0.785. The topological polar surface area (TPSA) is 57.5 Å². The lowest BCUT2D eigenvalue weighted by atomic mass is 9.99. The molecule has 0 spiro atoms. The lowest BCUT2D eigenvalue weighted by Gasteiger charge is -2.31. The van der Waals surface area contributed by atoms with Gasteiger partial charge in [0.1, 0.15) is 0 Å². The first kappa shape index (κ1) is 17.1. The number of piperidine rings is 1. The van der Waals surface area contributed by atoms with Crippen molar-refractivity contribution < 1.29 is 5.11 Å². The van der Waals surface area contributed by atoms with Gasteiger partial charge in [-0.2, -0.15) is 0 Å². The predicted molar refractivity (Wildman–Crippen MR) is 97.1 cm³/mol. The van der Waals surface area contributed by atoms with Gasteiger partial charge in [-0.3, -0.25) is 4.79 Å². The van der Waals surface area contributed by atoms with Crippen molar-refractivity contribution in [3.05, 3.63) is 46.2 Å². The predicted octanol–water partition coefficient (Wildman–Crippen LogP) is 1.33. The minimum absolute atomic E-state index is 0.0690. The van der Waals surface area contributed by atoms with E-state index in [1.807, 2.05) is 37.4 Å². The summed E-state index contributed by atoms with van der Waals surface area (Å²) in [7, 11) is 1.83. The molecule has 0 bridgehead atoms. The fourth-order valence-corrected chi connectivity index (χ4v) is 3.58. The highest BCUT2D eigenvalue weighted by molar-refractivity contribution is 5.79. The zero-order valence-electron chi connectivity index (χ0n) is 14.4. The molecule has 1 atom stereocenters. The number of aryl methyl sites for hydroxylation is 1. The Bertz CT molecular complexity index is 741. The van der Waals surface area contributed by atoms with Crippen LogP contribution in [0.3, 0.4) is 0 Å². The molecule has 1 aliphatic rings. The molecule has 24 heavy (non-hydrogen) atoms. The van der Waals surface area contributed by atoms with Crippen molar-refractivity contribution in [3.63, 3.8) is 0 Å². The van der Waals surface area contributed by atoms with Gasteiger partial charge in [0.05, 0.1) is 5.52 Å². The third-order valence-corrected chi connectivity index (χ3v) is 4.99. The molecule has 0 aliphatic carbocycles. The Labute approximate surface area is 142 Å². The molecule has 5 heteroatoms. The third-order valence-electron chi connectivity index (χ3n) is 4.99. The van der Waals surface area contributed by atoms with Gasteiger partial charge in [0.25, 0.3) is 5.56 Å². The molecule has 1 fully saturated rings. The molecule has 1 aromatic heterocycles. The standard InChI is InChI=1S/C19H27N3O2/c1-21-18-7-3-2-6-16(18)11-17(19(21)24)12-20-8-10-22-9-4-5-15(13-22)14-23/h2-3,6-7,11,15,20,23H,4-5,8-10,12-14H2,1H3. The summed E-state index contributed by atoms with van der Waals surface area (Å²) in [5.74, 6) is 0.423. The van der Waals surface area contributed by atoms with E-state index in [1.54, 1.807) is 4.57 Å². The van der Waals surface area contributed by atoms with Crippen LogP contribution in [-0.2, 0) is 13.6 Å². The van der Waals surface area contributed by atoms with Gasteiger partial charge in [0.15, 0.2) is 0 Å². The fraction of sp³-hybridized carbons (Fsp3) is 0.526. The van der Waals surface area contributed by atoms with Crippen molar-refractivity contribution in [1.29, 1.82) is 0 Å². The van der Waals surface area contributed by atoms with Crippen LogP contribution in [0.15, 0.2) is 35.1 Å². The van der Waals surface area contributed by atoms with Crippen molar-refractivity contribution >= 4 is 10.9 Å². The normalized spacial score (nSPS) is 19.0. The van der Waals surface area contributed by atoms with Crippen molar-refractivity contribution in [2.45, 2.75) is 19.4 Å².